The third kappa shape index (κ3) is 6.50. The summed E-state index contributed by atoms with van der Waals surface area (Å²) in [5, 5.41) is -4.87. The Bertz CT molecular complexity index is 1550. The Morgan fingerprint density at radius 1 is 0.767 bits per heavy atom. The highest BCUT2D eigenvalue weighted by atomic mass is 32.2. The number of hydrogen-bond acceptors (Lipinski definition) is 5. The summed E-state index contributed by atoms with van der Waals surface area (Å²) in [6.45, 7) is 0. The largest absolute Gasteiger partial charge is 0.743 e. The molecule has 5 rings (SSSR count). The number of alkyl halides is 9. The number of rotatable bonds is 7. The molecule has 1 heterocycles. The standard InChI is InChI=1S/C22H27O2S2.C4HF9O3S/c23-26(24,15-20-12-16-3-4-17(20)11-16)22-8-6-18-13-21(7-5-19(18)14-22)25-9-1-2-10-25;5-1(6,3(9,10)11)2(7,8)4(12,13)17(14,15)16/h5-8,13-14,16-17,20H,1-4,9-12,15H2;(H,14,15,16)/q+1;/p-1. The second-order valence-corrected chi connectivity index (χ2v) is 16.8. The monoisotopic (exact) mass is 686 g/mol. The highest BCUT2D eigenvalue weighted by molar-refractivity contribution is 7.97. The summed E-state index contributed by atoms with van der Waals surface area (Å²) in [6, 6.07) is 12.4. The van der Waals surface area contributed by atoms with Crippen LogP contribution in [0.5, 0.6) is 0 Å². The lowest BCUT2D eigenvalue weighted by atomic mass is 9.90. The second-order valence-electron chi connectivity index (χ2n) is 11.1. The van der Waals surface area contributed by atoms with Crippen LogP contribution in [0, 0.1) is 17.8 Å². The summed E-state index contributed by atoms with van der Waals surface area (Å²) >= 11 is 0. The fourth-order valence-electron chi connectivity index (χ4n) is 5.94. The van der Waals surface area contributed by atoms with Crippen molar-refractivity contribution >= 4 is 41.6 Å². The molecular weight excluding hydrogens is 659 g/mol. The van der Waals surface area contributed by atoms with E-state index in [0.29, 0.717) is 33.4 Å². The second kappa shape index (κ2) is 11.6. The molecule has 0 N–H and O–H groups in total. The Morgan fingerprint density at radius 2 is 1.35 bits per heavy atom. The van der Waals surface area contributed by atoms with Gasteiger partial charge in [0.05, 0.1) is 10.6 Å². The molecular formula is C26H27F9O5S3. The summed E-state index contributed by atoms with van der Waals surface area (Å²) in [5.74, 6) is -9.98. The molecule has 0 amide bonds. The summed E-state index contributed by atoms with van der Waals surface area (Å²) in [7, 11) is -10.2. The zero-order valence-corrected chi connectivity index (χ0v) is 24.7. The van der Waals surface area contributed by atoms with Gasteiger partial charge in [-0.3, -0.25) is 0 Å². The molecule has 0 aromatic heterocycles. The first kappa shape index (κ1) is 34.2. The van der Waals surface area contributed by atoms with Crippen molar-refractivity contribution in [2.24, 2.45) is 17.8 Å². The first-order chi connectivity index (χ1) is 19.6. The van der Waals surface area contributed by atoms with Gasteiger partial charge in [0.15, 0.2) is 24.9 Å². The summed E-state index contributed by atoms with van der Waals surface area (Å²) in [6.07, 6.45) is 0.494. The molecule has 1 saturated heterocycles. The van der Waals surface area contributed by atoms with E-state index < -0.39 is 43.2 Å². The maximum absolute atomic E-state index is 13.0. The van der Waals surface area contributed by atoms with Crippen LogP contribution in [0.25, 0.3) is 10.8 Å². The minimum Gasteiger partial charge on any atom is -0.743 e. The van der Waals surface area contributed by atoms with E-state index in [1.54, 1.807) is 0 Å². The van der Waals surface area contributed by atoms with Gasteiger partial charge in [-0.05, 0) is 84.9 Å². The van der Waals surface area contributed by atoms with Crippen molar-refractivity contribution in [3.05, 3.63) is 36.4 Å². The number of benzene rings is 2. The minimum absolute atomic E-state index is 0.348. The van der Waals surface area contributed by atoms with E-state index in [9.17, 15) is 60.9 Å². The molecule has 3 fully saturated rings. The van der Waals surface area contributed by atoms with Crippen LogP contribution in [0.15, 0.2) is 46.2 Å². The van der Waals surface area contributed by atoms with Crippen molar-refractivity contribution < 1.29 is 60.9 Å². The molecule has 2 bridgehead atoms. The summed E-state index contributed by atoms with van der Waals surface area (Å²) in [4.78, 5) is 1.97. The summed E-state index contributed by atoms with van der Waals surface area (Å²) < 4.78 is 161. The van der Waals surface area contributed by atoms with Crippen LogP contribution in [0.1, 0.15) is 38.5 Å². The molecule has 2 aliphatic carbocycles. The molecule has 2 saturated carbocycles. The van der Waals surface area contributed by atoms with Crippen LogP contribution >= 0.6 is 0 Å². The third-order valence-electron chi connectivity index (χ3n) is 8.26. The van der Waals surface area contributed by atoms with Crippen molar-refractivity contribution in [1.29, 1.82) is 0 Å². The van der Waals surface area contributed by atoms with Crippen molar-refractivity contribution in [1.82, 2.24) is 0 Å². The topological polar surface area (TPSA) is 91.3 Å². The van der Waals surface area contributed by atoms with Gasteiger partial charge in [0, 0.05) is 17.0 Å². The van der Waals surface area contributed by atoms with Crippen LogP contribution in [0.4, 0.5) is 39.5 Å². The van der Waals surface area contributed by atoms with Gasteiger partial charge in [-0.25, -0.2) is 16.8 Å². The van der Waals surface area contributed by atoms with Gasteiger partial charge < -0.3 is 4.55 Å². The quantitative estimate of drug-likeness (QED) is 0.182. The van der Waals surface area contributed by atoms with Gasteiger partial charge in [-0.2, -0.15) is 39.5 Å². The maximum Gasteiger partial charge on any atom is 0.460 e. The van der Waals surface area contributed by atoms with Gasteiger partial charge in [-0.15, -0.1) is 0 Å². The Kier molecular flexibility index (Phi) is 9.19. The van der Waals surface area contributed by atoms with Crippen molar-refractivity contribution in [2.45, 2.75) is 71.6 Å². The van der Waals surface area contributed by atoms with Crippen LogP contribution in [-0.2, 0) is 30.9 Å². The molecule has 0 spiro atoms. The van der Waals surface area contributed by atoms with E-state index in [2.05, 4.69) is 18.2 Å². The molecule has 2 aromatic carbocycles. The van der Waals surface area contributed by atoms with Crippen LogP contribution in [-0.4, -0.2) is 61.9 Å². The average molecular weight is 687 g/mol. The highest BCUT2D eigenvalue weighted by Crippen LogP contribution is 2.54. The zero-order chi connectivity index (χ0) is 32.2. The SMILES string of the molecule is O=S(=O)(CC1CC2CCC1C2)c1ccc2cc([S+]3CCCC3)ccc2c1.O=S(=O)([O-])C(F)(F)C(F)(F)C(F)(F)C(F)(F)F. The average Bonchev–Trinajstić information content (AvgIpc) is 3.66. The van der Waals surface area contributed by atoms with Crippen LogP contribution < -0.4 is 0 Å². The molecule has 3 aliphatic rings. The number of sulfone groups is 1. The lowest BCUT2D eigenvalue weighted by molar-refractivity contribution is -0.382. The van der Waals surface area contributed by atoms with E-state index in [1.807, 2.05) is 18.2 Å². The van der Waals surface area contributed by atoms with E-state index in [4.69, 9.17) is 0 Å². The number of fused-ring (bicyclic) bond motifs is 3. The molecule has 242 valence electrons. The molecule has 3 unspecified atom stereocenters. The predicted octanol–water partition coefficient (Wildman–Crippen LogP) is 6.78. The lowest BCUT2D eigenvalue weighted by Crippen LogP contribution is -2.63. The predicted molar refractivity (Wildman–Crippen MR) is 140 cm³/mol. The van der Waals surface area contributed by atoms with Gasteiger partial charge >= 0.3 is 23.3 Å². The van der Waals surface area contributed by atoms with Crippen molar-refractivity contribution in [3.63, 3.8) is 0 Å². The van der Waals surface area contributed by atoms with Gasteiger partial charge in [-0.1, -0.05) is 12.5 Å². The van der Waals surface area contributed by atoms with Crippen molar-refractivity contribution in [2.75, 3.05) is 17.3 Å². The smallest absolute Gasteiger partial charge is 0.460 e. The number of halogens is 9. The fraction of sp³-hybridized carbons (Fsp3) is 0.615. The first-order valence-corrected chi connectivity index (χ1v) is 17.8. The maximum atomic E-state index is 13.0. The van der Waals surface area contributed by atoms with E-state index >= 15 is 0 Å². The van der Waals surface area contributed by atoms with Crippen molar-refractivity contribution in [3.8, 4) is 0 Å². The van der Waals surface area contributed by atoms with Gasteiger partial charge in [0.2, 0.25) is 0 Å². The first-order valence-electron chi connectivity index (χ1n) is 13.2. The van der Waals surface area contributed by atoms with E-state index in [-0.39, 0.29) is 0 Å². The third-order valence-corrected chi connectivity index (χ3v) is 13.5. The molecule has 0 radical (unpaired) electrons. The van der Waals surface area contributed by atoms with E-state index in [1.165, 1.54) is 53.9 Å². The molecule has 17 heteroatoms. The summed E-state index contributed by atoms with van der Waals surface area (Å²) in [5.41, 5.74) is 0. The normalized spacial score (nSPS) is 23.9. The Hall–Kier alpha value is -1.72. The zero-order valence-electron chi connectivity index (χ0n) is 22.2. The fourth-order valence-corrected chi connectivity index (χ4v) is 10.5. The Balaban J connectivity index is 0.000000219. The Labute approximate surface area is 245 Å². The van der Waals surface area contributed by atoms with Crippen LogP contribution in [0.2, 0.25) is 0 Å². The molecule has 2 aromatic rings. The van der Waals surface area contributed by atoms with Gasteiger partial charge in [0.1, 0.15) is 11.5 Å². The molecule has 3 atom stereocenters. The molecule has 1 aliphatic heterocycles. The minimum atomic E-state index is -7.43. The number of hydrogen-bond donors (Lipinski definition) is 0. The van der Waals surface area contributed by atoms with Gasteiger partial charge in [0.25, 0.3) is 0 Å². The lowest BCUT2D eigenvalue weighted by Gasteiger charge is -2.34. The Morgan fingerprint density at radius 3 is 1.86 bits per heavy atom. The highest BCUT2D eigenvalue weighted by Gasteiger charge is 2.83. The van der Waals surface area contributed by atoms with Crippen LogP contribution in [0.3, 0.4) is 0 Å². The van der Waals surface area contributed by atoms with E-state index in [0.717, 1.165) is 17.7 Å². The molecule has 43 heavy (non-hydrogen) atoms. The molecule has 5 nitrogen and oxygen atoms in total.